The van der Waals surface area contributed by atoms with Gasteiger partial charge in [-0.25, -0.2) is 0 Å². The first kappa shape index (κ1) is 16.7. The van der Waals surface area contributed by atoms with Crippen LogP contribution in [0.25, 0.3) is 11.3 Å². The van der Waals surface area contributed by atoms with Crippen LogP contribution in [-0.2, 0) is 16.0 Å². The molecule has 2 aromatic rings. The van der Waals surface area contributed by atoms with Gasteiger partial charge in [-0.05, 0) is 41.9 Å². The van der Waals surface area contributed by atoms with Crippen LogP contribution >= 0.6 is 15.9 Å². The van der Waals surface area contributed by atoms with E-state index in [4.69, 9.17) is 9.47 Å². The van der Waals surface area contributed by atoms with Crippen molar-refractivity contribution < 1.29 is 14.3 Å². The van der Waals surface area contributed by atoms with Crippen molar-refractivity contribution in [3.05, 3.63) is 34.7 Å². The highest BCUT2D eigenvalue weighted by atomic mass is 79.9. The highest BCUT2D eigenvalue weighted by molar-refractivity contribution is 9.10. The second-order valence-corrected chi connectivity index (χ2v) is 7.47. The summed E-state index contributed by atoms with van der Waals surface area (Å²) in [5.41, 5.74) is 2.27. The molecule has 1 saturated heterocycles. The number of hydrogen-bond acceptors (Lipinski definition) is 5. The van der Waals surface area contributed by atoms with Gasteiger partial charge in [0.1, 0.15) is 17.5 Å². The third-order valence-corrected chi connectivity index (χ3v) is 5.16. The molecule has 0 spiro atoms. The largest absolute Gasteiger partial charge is 0.348 e. The molecule has 4 heterocycles. The Morgan fingerprint density at radius 2 is 2.08 bits per heavy atom. The molecule has 1 amide bonds. The molecular formula is C17H19BrN4O3. The fraction of sp³-hybridized carbons (Fsp3) is 0.471. The summed E-state index contributed by atoms with van der Waals surface area (Å²) in [5, 5.41) is 4.60. The number of carbonyl (C=O) groups is 1. The van der Waals surface area contributed by atoms with E-state index in [1.807, 2.05) is 30.9 Å². The number of ether oxygens (including phenoxy) is 2. The summed E-state index contributed by atoms with van der Waals surface area (Å²) in [6, 6.07) is 3.76. The summed E-state index contributed by atoms with van der Waals surface area (Å²) in [6.45, 7) is 6.05. The van der Waals surface area contributed by atoms with E-state index in [0.29, 0.717) is 31.9 Å². The zero-order valence-corrected chi connectivity index (χ0v) is 15.7. The molecule has 1 atom stereocenters. The van der Waals surface area contributed by atoms with E-state index >= 15 is 0 Å². The van der Waals surface area contributed by atoms with Gasteiger partial charge in [0, 0.05) is 31.0 Å². The Balaban J connectivity index is 1.58. The molecule has 2 aliphatic heterocycles. The van der Waals surface area contributed by atoms with Crippen molar-refractivity contribution >= 4 is 21.8 Å². The lowest BCUT2D eigenvalue weighted by atomic mass is 10.2. The first-order valence-corrected chi connectivity index (χ1v) is 9.02. The van der Waals surface area contributed by atoms with E-state index in [9.17, 15) is 4.79 Å². The van der Waals surface area contributed by atoms with Gasteiger partial charge in [-0.2, -0.15) is 5.10 Å². The average molecular weight is 407 g/mol. The fourth-order valence-electron chi connectivity index (χ4n) is 3.24. The van der Waals surface area contributed by atoms with Crippen LogP contribution in [0.1, 0.15) is 24.3 Å². The van der Waals surface area contributed by atoms with Crippen molar-refractivity contribution in [3.8, 4) is 11.3 Å². The maximum atomic E-state index is 13.0. The summed E-state index contributed by atoms with van der Waals surface area (Å²) in [5.74, 6) is -0.625. The van der Waals surface area contributed by atoms with Crippen LogP contribution in [0.4, 0.5) is 0 Å². The number of pyridine rings is 1. The third kappa shape index (κ3) is 3.09. The summed E-state index contributed by atoms with van der Waals surface area (Å²) in [4.78, 5) is 18.8. The predicted molar refractivity (Wildman–Crippen MR) is 94.0 cm³/mol. The molecule has 8 heteroatoms. The summed E-state index contributed by atoms with van der Waals surface area (Å²) >= 11 is 3.57. The van der Waals surface area contributed by atoms with E-state index in [0.717, 1.165) is 15.7 Å². The van der Waals surface area contributed by atoms with Crippen molar-refractivity contribution in [1.82, 2.24) is 19.7 Å². The maximum Gasteiger partial charge on any atom is 0.273 e. The number of aromatic nitrogens is 3. The molecule has 25 heavy (non-hydrogen) atoms. The standard InChI is InChI=1S/C17H19BrN4O3/c1-17(2)24-10-12(25-17)9-21-7-8-22-15(16(21)23)13(18)14(20-22)11-3-5-19-6-4-11/h3-6,12H,7-10H2,1-2H3. The lowest BCUT2D eigenvalue weighted by Crippen LogP contribution is -2.45. The Morgan fingerprint density at radius 1 is 1.32 bits per heavy atom. The number of fused-ring (bicyclic) bond motifs is 1. The smallest absolute Gasteiger partial charge is 0.273 e. The Kier molecular flexibility index (Phi) is 4.13. The van der Waals surface area contributed by atoms with Crippen LogP contribution in [0.15, 0.2) is 29.0 Å². The number of amides is 1. The summed E-state index contributed by atoms with van der Waals surface area (Å²) in [7, 11) is 0. The van der Waals surface area contributed by atoms with Crippen molar-refractivity contribution in [3.63, 3.8) is 0 Å². The number of rotatable bonds is 3. The molecule has 1 unspecified atom stereocenters. The monoisotopic (exact) mass is 406 g/mol. The van der Waals surface area contributed by atoms with Crippen molar-refractivity contribution in [2.24, 2.45) is 0 Å². The van der Waals surface area contributed by atoms with Crippen LogP contribution in [0, 0.1) is 0 Å². The third-order valence-electron chi connectivity index (χ3n) is 4.41. The van der Waals surface area contributed by atoms with E-state index in [-0.39, 0.29) is 12.0 Å². The molecule has 0 aromatic carbocycles. The number of nitrogens with zero attached hydrogens (tertiary/aromatic N) is 4. The number of halogens is 1. The molecule has 2 aromatic heterocycles. The van der Waals surface area contributed by atoms with Crippen LogP contribution in [0.3, 0.4) is 0 Å². The first-order chi connectivity index (χ1) is 11.9. The van der Waals surface area contributed by atoms with Gasteiger partial charge in [-0.3, -0.25) is 14.5 Å². The molecule has 0 aliphatic carbocycles. The molecule has 132 valence electrons. The molecule has 2 aliphatic rings. The normalized spacial score (nSPS) is 22.3. The highest BCUT2D eigenvalue weighted by Gasteiger charge is 2.37. The first-order valence-electron chi connectivity index (χ1n) is 8.22. The number of carbonyl (C=O) groups excluding carboxylic acids is 1. The predicted octanol–water partition coefficient (Wildman–Crippen LogP) is 2.31. The van der Waals surface area contributed by atoms with Gasteiger partial charge in [0.05, 0.1) is 17.6 Å². The topological polar surface area (TPSA) is 69.5 Å². The van der Waals surface area contributed by atoms with E-state index < -0.39 is 5.79 Å². The summed E-state index contributed by atoms with van der Waals surface area (Å²) in [6.07, 6.45) is 3.33. The van der Waals surface area contributed by atoms with Gasteiger partial charge in [0.25, 0.3) is 5.91 Å². The van der Waals surface area contributed by atoms with Gasteiger partial charge >= 0.3 is 0 Å². The maximum absolute atomic E-state index is 13.0. The molecule has 0 N–H and O–H groups in total. The minimum absolute atomic E-state index is 0.0424. The average Bonchev–Trinajstić information content (AvgIpc) is 3.11. The van der Waals surface area contributed by atoms with Gasteiger partial charge in [0.2, 0.25) is 0 Å². The lowest BCUT2D eigenvalue weighted by molar-refractivity contribution is -0.139. The Morgan fingerprint density at radius 3 is 2.76 bits per heavy atom. The molecule has 0 saturated carbocycles. The van der Waals surface area contributed by atoms with Crippen LogP contribution in [-0.4, -0.2) is 57.2 Å². The lowest BCUT2D eigenvalue weighted by Gasteiger charge is -2.29. The molecule has 1 fully saturated rings. The Labute approximate surface area is 154 Å². The van der Waals surface area contributed by atoms with E-state index in [2.05, 4.69) is 26.0 Å². The molecule has 0 bridgehead atoms. The number of hydrogen-bond donors (Lipinski definition) is 0. The SMILES string of the molecule is CC1(C)OCC(CN2CCn3nc(-c4ccncc4)c(Br)c3C2=O)O1. The van der Waals surface area contributed by atoms with Crippen LogP contribution in [0.2, 0.25) is 0 Å². The van der Waals surface area contributed by atoms with Crippen molar-refractivity contribution in [1.29, 1.82) is 0 Å². The molecule has 4 rings (SSSR count). The van der Waals surface area contributed by atoms with Gasteiger partial charge in [-0.1, -0.05) is 0 Å². The Bertz CT molecular complexity index is 806. The summed E-state index contributed by atoms with van der Waals surface area (Å²) < 4.78 is 13.9. The van der Waals surface area contributed by atoms with Crippen LogP contribution < -0.4 is 0 Å². The molecule has 0 radical (unpaired) electrons. The van der Waals surface area contributed by atoms with Gasteiger partial charge in [0.15, 0.2) is 5.79 Å². The second kappa shape index (κ2) is 6.19. The molecule has 7 nitrogen and oxygen atoms in total. The Hall–Kier alpha value is -1.77. The van der Waals surface area contributed by atoms with E-state index in [1.165, 1.54) is 0 Å². The van der Waals surface area contributed by atoms with Crippen LogP contribution in [0.5, 0.6) is 0 Å². The second-order valence-electron chi connectivity index (χ2n) is 6.67. The zero-order chi connectivity index (χ0) is 17.6. The minimum atomic E-state index is -0.583. The zero-order valence-electron chi connectivity index (χ0n) is 14.1. The molecular weight excluding hydrogens is 388 g/mol. The highest BCUT2D eigenvalue weighted by Crippen LogP contribution is 2.33. The minimum Gasteiger partial charge on any atom is -0.348 e. The van der Waals surface area contributed by atoms with Gasteiger partial charge in [-0.15, -0.1) is 0 Å². The fourth-order valence-corrected chi connectivity index (χ4v) is 3.92. The van der Waals surface area contributed by atoms with E-state index in [1.54, 1.807) is 17.1 Å². The van der Waals surface area contributed by atoms with Gasteiger partial charge < -0.3 is 14.4 Å². The van der Waals surface area contributed by atoms with Crippen molar-refractivity contribution in [2.45, 2.75) is 32.3 Å². The van der Waals surface area contributed by atoms with Crippen molar-refractivity contribution in [2.75, 3.05) is 19.7 Å². The quantitative estimate of drug-likeness (QED) is 0.781.